The van der Waals surface area contributed by atoms with Crippen LogP contribution in [0.5, 0.6) is 0 Å². The summed E-state index contributed by atoms with van der Waals surface area (Å²) >= 11 is 0. The van der Waals surface area contributed by atoms with Crippen molar-refractivity contribution in [3.63, 3.8) is 0 Å². The fourth-order valence-corrected chi connectivity index (χ4v) is 10.6. The number of amides is 1. The third-order valence-corrected chi connectivity index (χ3v) is 12.8. The molecule has 4 aliphatic rings. The lowest BCUT2D eigenvalue weighted by atomic mass is 9.53. The minimum Gasteiger partial charge on any atom is -0.339 e. The van der Waals surface area contributed by atoms with Crippen molar-refractivity contribution in [1.29, 1.82) is 0 Å². The SMILES string of the molecule is Cc1nc2ccccc2n1C1CC2N(CCCC3(c4cccc(F)c4)CCN(C(=O)c4cccc(NS(C)(=O)=O)c4)CC3)C3CCC32C1. The Morgan fingerprint density at radius 1 is 1.00 bits per heavy atom. The maximum atomic E-state index is 14.6. The Hall–Kier alpha value is -3.76. The van der Waals surface area contributed by atoms with E-state index in [1.54, 1.807) is 30.3 Å². The van der Waals surface area contributed by atoms with Crippen LogP contribution in [0.15, 0.2) is 72.8 Å². The molecule has 1 aromatic heterocycles. The summed E-state index contributed by atoms with van der Waals surface area (Å²) in [5, 5.41) is 0. The average molecular weight is 670 g/mol. The lowest BCUT2D eigenvalue weighted by molar-refractivity contribution is -0.188. The number of halogens is 1. The van der Waals surface area contributed by atoms with Gasteiger partial charge < -0.3 is 9.47 Å². The van der Waals surface area contributed by atoms with Gasteiger partial charge in [0.1, 0.15) is 11.6 Å². The Labute approximate surface area is 282 Å². The molecule has 3 heterocycles. The van der Waals surface area contributed by atoms with E-state index in [-0.39, 0.29) is 17.1 Å². The molecule has 8 nitrogen and oxygen atoms in total. The van der Waals surface area contributed by atoms with Crippen molar-refractivity contribution in [1.82, 2.24) is 19.4 Å². The summed E-state index contributed by atoms with van der Waals surface area (Å²) in [5.74, 6) is 0.780. The molecule has 4 aromatic rings. The molecule has 2 aliphatic carbocycles. The maximum absolute atomic E-state index is 14.6. The summed E-state index contributed by atoms with van der Waals surface area (Å²) in [7, 11) is -3.45. The maximum Gasteiger partial charge on any atom is 0.253 e. The quantitative estimate of drug-likeness (QED) is 0.215. The normalized spacial score (nSPS) is 26.4. The van der Waals surface area contributed by atoms with Gasteiger partial charge in [0.05, 0.1) is 17.3 Å². The highest BCUT2D eigenvalue weighted by atomic mass is 32.2. The Morgan fingerprint density at radius 2 is 1.79 bits per heavy atom. The monoisotopic (exact) mass is 669 g/mol. The van der Waals surface area contributed by atoms with Crippen molar-refractivity contribution in [2.24, 2.45) is 5.41 Å². The van der Waals surface area contributed by atoms with Gasteiger partial charge in [-0.25, -0.2) is 17.8 Å². The first kappa shape index (κ1) is 31.5. The molecule has 1 spiro atoms. The van der Waals surface area contributed by atoms with Crippen LogP contribution in [0, 0.1) is 18.2 Å². The number of benzene rings is 3. The highest BCUT2D eigenvalue weighted by molar-refractivity contribution is 7.92. The van der Waals surface area contributed by atoms with Gasteiger partial charge in [-0.3, -0.25) is 14.4 Å². The Morgan fingerprint density at radius 3 is 2.54 bits per heavy atom. The van der Waals surface area contributed by atoms with Gasteiger partial charge in [-0.05, 0) is 118 Å². The molecule has 4 fully saturated rings. The number of nitrogens with zero attached hydrogens (tertiary/aromatic N) is 4. The molecule has 0 radical (unpaired) electrons. The molecule has 4 unspecified atom stereocenters. The molecular weight excluding hydrogens is 626 g/mol. The highest BCUT2D eigenvalue weighted by Crippen LogP contribution is 2.67. The summed E-state index contributed by atoms with van der Waals surface area (Å²) in [4.78, 5) is 23.0. The average Bonchev–Trinajstić information content (AvgIpc) is 3.60. The minimum atomic E-state index is -3.45. The van der Waals surface area contributed by atoms with Crippen molar-refractivity contribution in [3.8, 4) is 0 Å². The van der Waals surface area contributed by atoms with Crippen molar-refractivity contribution >= 4 is 32.7 Å². The van der Waals surface area contributed by atoms with E-state index in [1.807, 2.05) is 11.0 Å². The first-order valence-electron chi connectivity index (χ1n) is 17.4. The number of carbonyl (C=O) groups is 1. The fraction of sp³-hybridized carbons (Fsp3) is 0.474. The van der Waals surface area contributed by atoms with E-state index in [2.05, 4.69) is 51.4 Å². The number of nitrogens with one attached hydrogen (secondary N) is 1. The number of fused-ring (bicyclic) bond motifs is 1. The van der Waals surface area contributed by atoms with Crippen molar-refractivity contribution in [3.05, 3.63) is 95.6 Å². The molecule has 1 N–H and O–H groups in total. The molecular formula is C38H44FN5O3S. The van der Waals surface area contributed by atoms with Crippen LogP contribution in [-0.2, 0) is 15.4 Å². The molecule has 3 aromatic carbocycles. The van der Waals surface area contributed by atoms with Crippen molar-refractivity contribution < 1.29 is 17.6 Å². The van der Waals surface area contributed by atoms with Gasteiger partial charge in [-0.2, -0.15) is 0 Å². The number of aryl methyl sites for hydroxylation is 1. The first-order chi connectivity index (χ1) is 23.1. The molecule has 48 heavy (non-hydrogen) atoms. The molecule has 8 rings (SSSR count). The van der Waals surface area contributed by atoms with Crippen LogP contribution in [0.1, 0.15) is 79.2 Å². The summed E-state index contributed by atoms with van der Waals surface area (Å²) in [6.45, 7) is 4.33. The Balaban J connectivity index is 0.951. The van der Waals surface area contributed by atoms with Crippen LogP contribution >= 0.6 is 0 Å². The molecule has 10 heteroatoms. The summed E-state index contributed by atoms with van der Waals surface area (Å²) in [6, 6.07) is 24.0. The number of para-hydroxylation sites is 2. The second kappa shape index (κ2) is 11.7. The van der Waals surface area contributed by atoms with Gasteiger partial charge in [0.25, 0.3) is 5.91 Å². The van der Waals surface area contributed by atoms with E-state index in [0.717, 1.165) is 55.4 Å². The summed E-state index contributed by atoms with van der Waals surface area (Å²) < 4.78 is 43.0. The van der Waals surface area contributed by atoms with E-state index in [9.17, 15) is 17.6 Å². The van der Waals surface area contributed by atoms with Gasteiger partial charge >= 0.3 is 0 Å². The number of sulfonamides is 1. The van der Waals surface area contributed by atoms with Crippen LogP contribution < -0.4 is 4.72 Å². The summed E-state index contributed by atoms with van der Waals surface area (Å²) in [6.07, 6.45) is 9.61. The van der Waals surface area contributed by atoms with Gasteiger partial charge in [0.2, 0.25) is 10.0 Å². The topological polar surface area (TPSA) is 87.5 Å². The van der Waals surface area contributed by atoms with Crippen LogP contribution in [0.2, 0.25) is 0 Å². The zero-order valence-electron chi connectivity index (χ0n) is 27.7. The number of hydrogen-bond acceptors (Lipinski definition) is 5. The number of aromatic nitrogens is 2. The van der Waals surface area contributed by atoms with Crippen LogP contribution in [0.25, 0.3) is 11.0 Å². The van der Waals surface area contributed by atoms with Gasteiger partial charge in [-0.15, -0.1) is 0 Å². The number of piperidine rings is 2. The lowest BCUT2D eigenvalue weighted by Crippen LogP contribution is -2.74. The second-order valence-electron chi connectivity index (χ2n) is 14.8. The zero-order chi connectivity index (χ0) is 33.3. The standard InChI is InChI=1S/C38H44FN5O3S/c1-26-40-32-12-3-4-13-33(32)44(26)31-24-35-38(25-31)16-14-34(38)43(35)19-7-15-37(28-9-6-10-29(39)23-28)17-20-42(21-18-37)36(45)27-8-5-11-30(22-27)41-48(2,46)47/h3-6,8-13,22-23,31,34-35,41H,7,14-21,24-25H2,1-2H3. The molecule has 4 atom stereocenters. The molecule has 2 saturated carbocycles. The van der Waals surface area contributed by atoms with E-state index in [1.165, 1.54) is 37.3 Å². The number of carbonyl (C=O) groups excluding carboxylic acids is 1. The van der Waals surface area contributed by atoms with E-state index < -0.39 is 10.0 Å². The largest absolute Gasteiger partial charge is 0.339 e. The summed E-state index contributed by atoms with van der Waals surface area (Å²) in [5.41, 5.74) is 4.43. The highest BCUT2D eigenvalue weighted by Gasteiger charge is 2.69. The third kappa shape index (κ3) is 5.32. The predicted octanol–water partition coefficient (Wildman–Crippen LogP) is 6.68. The first-order valence-corrected chi connectivity index (χ1v) is 19.3. The Bertz CT molecular complexity index is 1990. The van der Waals surface area contributed by atoms with Crippen molar-refractivity contribution in [2.45, 2.75) is 81.8 Å². The smallest absolute Gasteiger partial charge is 0.253 e. The third-order valence-electron chi connectivity index (χ3n) is 12.2. The van der Waals surface area contributed by atoms with Crippen molar-refractivity contribution in [2.75, 3.05) is 30.6 Å². The predicted molar refractivity (Wildman–Crippen MR) is 186 cm³/mol. The Kier molecular flexibility index (Phi) is 7.67. The number of hydrogen-bond donors (Lipinski definition) is 1. The van der Waals surface area contributed by atoms with Crippen LogP contribution in [0.4, 0.5) is 10.1 Å². The lowest BCUT2D eigenvalue weighted by Gasteiger charge is -2.68. The molecule has 2 aliphatic heterocycles. The number of rotatable bonds is 9. The number of anilines is 1. The molecule has 1 amide bonds. The molecule has 252 valence electrons. The van der Waals surface area contributed by atoms with Crippen LogP contribution in [-0.4, -0.2) is 71.6 Å². The van der Waals surface area contributed by atoms with E-state index >= 15 is 0 Å². The van der Waals surface area contributed by atoms with Crippen LogP contribution in [0.3, 0.4) is 0 Å². The molecule has 0 bridgehead atoms. The number of likely N-dealkylation sites (tertiary alicyclic amines) is 2. The fourth-order valence-electron chi connectivity index (χ4n) is 10.0. The van der Waals surface area contributed by atoms with E-state index in [0.29, 0.717) is 47.9 Å². The van der Waals surface area contributed by atoms with Gasteiger partial charge in [0.15, 0.2) is 0 Å². The van der Waals surface area contributed by atoms with Gasteiger partial charge in [-0.1, -0.05) is 30.3 Å². The number of imidazole rings is 1. The minimum absolute atomic E-state index is 0.112. The zero-order valence-corrected chi connectivity index (χ0v) is 28.6. The second-order valence-corrected chi connectivity index (χ2v) is 16.5. The van der Waals surface area contributed by atoms with E-state index in [4.69, 9.17) is 4.98 Å². The van der Waals surface area contributed by atoms with Gasteiger partial charge in [0, 0.05) is 47.9 Å². The molecule has 2 saturated heterocycles.